The lowest BCUT2D eigenvalue weighted by molar-refractivity contribution is 0.385. The molecule has 0 aromatic rings. The number of thioether (sulfide) groups is 1. The van der Waals surface area contributed by atoms with E-state index in [4.69, 9.17) is 4.99 Å². The highest BCUT2D eigenvalue weighted by atomic mass is 79.9. The monoisotopic (exact) mass is 278 g/mol. The molecule has 2 nitrogen and oxygen atoms in total. The summed E-state index contributed by atoms with van der Waals surface area (Å²) in [4.78, 5) is 4.72. The molecular weight excluding hydrogens is 260 g/mol. The number of nitrogens with one attached hydrogen (secondary N) is 1. The fourth-order valence-electron chi connectivity index (χ4n) is 2.06. The lowest BCUT2D eigenvalue weighted by Crippen LogP contribution is -2.36. The van der Waals surface area contributed by atoms with Crippen molar-refractivity contribution in [2.75, 3.05) is 5.75 Å². The molecule has 2 unspecified atom stereocenters. The molecule has 14 heavy (non-hydrogen) atoms. The number of fused-ring (bicyclic) bond motifs is 1. The third-order valence-corrected chi connectivity index (χ3v) is 3.87. The van der Waals surface area contributed by atoms with Crippen LogP contribution in [0.15, 0.2) is 4.99 Å². The predicted molar refractivity (Wildman–Crippen MR) is 69.7 cm³/mol. The normalized spacial score (nSPS) is 29.9. The second-order valence-electron chi connectivity index (χ2n) is 3.89. The number of hydrogen-bond acceptors (Lipinski definition) is 3. The Hall–Kier alpha value is 0.300. The maximum atomic E-state index is 4.72. The molecule has 1 aliphatic carbocycles. The van der Waals surface area contributed by atoms with Crippen LogP contribution in [0.4, 0.5) is 0 Å². The number of rotatable bonds is 2. The molecule has 0 aromatic heterocycles. The molecule has 1 fully saturated rings. The van der Waals surface area contributed by atoms with E-state index in [1.807, 2.05) is 11.8 Å². The summed E-state index contributed by atoms with van der Waals surface area (Å²) >= 11 is 1.89. The van der Waals surface area contributed by atoms with E-state index < -0.39 is 0 Å². The minimum absolute atomic E-state index is 0. The number of aliphatic imine (C=N–C) groups is 1. The van der Waals surface area contributed by atoms with Gasteiger partial charge in [-0.2, -0.15) is 0 Å². The van der Waals surface area contributed by atoms with Gasteiger partial charge in [0.15, 0.2) is 5.17 Å². The van der Waals surface area contributed by atoms with Crippen molar-refractivity contribution in [2.24, 2.45) is 4.99 Å². The molecular formula is C10H19BrN2S. The molecule has 4 heteroatoms. The highest BCUT2D eigenvalue weighted by molar-refractivity contribution is 8.93. The van der Waals surface area contributed by atoms with Crippen LogP contribution in [0.1, 0.15) is 39.0 Å². The van der Waals surface area contributed by atoms with Gasteiger partial charge in [-0.3, -0.25) is 4.99 Å². The van der Waals surface area contributed by atoms with Crippen molar-refractivity contribution < 1.29 is 0 Å². The number of halogens is 1. The molecule has 0 amide bonds. The van der Waals surface area contributed by atoms with Crippen LogP contribution >= 0.6 is 28.7 Å². The molecule has 2 aliphatic rings. The molecule has 1 saturated carbocycles. The fraction of sp³-hybridized carbons (Fsp3) is 0.900. The fourth-order valence-corrected chi connectivity index (χ4v) is 2.90. The Kier molecular flexibility index (Phi) is 5.31. The van der Waals surface area contributed by atoms with Crippen LogP contribution in [-0.4, -0.2) is 23.0 Å². The third-order valence-electron chi connectivity index (χ3n) is 2.76. The first-order valence-electron chi connectivity index (χ1n) is 5.37. The van der Waals surface area contributed by atoms with Crippen molar-refractivity contribution in [1.29, 1.82) is 0 Å². The van der Waals surface area contributed by atoms with Crippen LogP contribution in [0.25, 0.3) is 0 Å². The summed E-state index contributed by atoms with van der Waals surface area (Å²) in [6.07, 6.45) is 6.62. The van der Waals surface area contributed by atoms with Crippen molar-refractivity contribution in [3.8, 4) is 0 Å². The van der Waals surface area contributed by atoms with Gasteiger partial charge in [-0.05, 0) is 19.3 Å². The number of amidine groups is 1. The largest absolute Gasteiger partial charge is 0.360 e. The topological polar surface area (TPSA) is 24.4 Å². The zero-order valence-electron chi connectivity index (χ0n) is 8.66. The smallest absolute Gasteiger partial charge is 0.157 e. The van der Waals surface area contributed by atoms with Crippen molar-refractivity contribution in [2.45, 2.75) is 51.1 Å². The molecule has 1 aliphatic heterocycles. The van der Waals surface area contributed by atoms with Crippen molar-refractivity contribution >= 4 is 33.9 Å². The summed E-state index contributed by atoms with van der Waals surface area (Å²) < 4.78 is 0. The molecule has 0 saturated heterocycles. The summed E-state index contributed by atoms with van der Waals surface area (Å²) in [5.41, 5.74) is 0. The van der Waals surface area contributed by atoms with Gasteiger partial charge in [-0.25, -0.2) is 0 Å². The average molecular weight is 279 g/mol. The Morgan fingerprint density at radius 2 is 2.21 bits per heavy atom. The van der Waals surface area contributed by atoms with E-state index in [2.05, 4.69) is 12.2 Å². The lowest BCUT2D eigenvalue weighted by atomic mass is 9.92. The first-order valence-corrected chi connectivity index (χ1v) is 6.36. The Balaban J connectivity index is 0.000000980. The average Bonchev–Trinajstić information content (AvgIpc) is 2.57. The number of hydrogen-bond donors (Lipinski definition) is 1. The second-order valence-corrected chi connectivity index (χ2v) is 4.97. The van der Waals surface area contributed by atoms with Crippen molar-refractivity contribution in [3.05, 3.63) is 0 Å². The van der Waals surface area contributed by atoms with Gasteiger partial charge in [0.2, 0.25) is 0 Å². The van der Waals surface area contributed by atoms with Gasteiger partial charge in [0.25, 0.3) is 0 Å². The van der Waals surface area contributed by atoms with E-state index in [0.717, 1.165) is 0 Å². The van der Waals surface area contributed by atoms with Crippen LogP contribution in [0.3, 0.4) is 0 Å². The van der Waals surface area contributed by atoms with Crippen LogP contribution in [-0.2, 0) is 0 Å². The number of nitrogens with zero attached hydrogens (tertiary/aromatic N) is 1. The van der Waals surface area contributed by atoms with Gasteiger partial charge in [0.05, 0.1) is 12.1 Å². The SMILES string of the molecule is Br.CCCSC1=NC2CCCCC2N1. The Morgan fingerprint density at radius 3 is 2.93 bits per heavy atom. The zero-order valence-corrected chi connectivity index (χ0v) is 11.2. The summed E-state index contributed by atoms with van der Waals surface area (Å²) in [5, 5.41) is 4.75. The van der Waals surface area contributed by atoms with E-state index >= 15 is 0 Å². The summed E-state index contributed by atoms with van der Waals surface area (Å²) in [6.45, 7) is 2.22. The molecule has 0 spiro atoms. The standard InChI is InChI=1S/C10H18N2S.BrH/c1-2-7-13-10-11-8-5-3-4-6-9(8)12-10;/h8-9H,2-7H2,1H3,(H,11,12);1H. The summed E-state index contributed by atoms with van der Waals surface area (Å²) in [7, 11) is 0. The molecule has 0 bridgehead atoms. The lowest BCUT2D eigenvalue weighted by Gasteiger charge is -2.23. The van der Waals surface area contributed by atoms with E-state index in [-0.39, 0.29) is 17.0 Å². The van der Waals surface area contributed by atoms with Crippen molar-refractivity contribution in [3.63, 3.8) is 0 Å². The van der Waals surface area contributed by atoms with Gasteiger partial charge in [0, 0.05) is 5.75 Å². The minimum Gasteiger partial charge on any atom is -0.360 e. The first kappa shape index (κ1) is 12.4. The summed E-state index contributed by atoms with van der Waals surface area (Å²) in [5.74, 6) is 1.20. The first-order chi connectivity index (χ1) is 6.40. The van der Waals surface area contributed by atoms with Gasteiger partial charge in [0.1, 0.15) is 0 Å². The van der Waals surface area contributed by atoms with Gasteiger partial charge >= 0.3 is 0 Å². The van der Waals surface area contributed by atoms with Gasteiger partial charge in [-0.15, -0.1) is 17.0 Å². The molecule has 0 radical (unpaired) electrons. The highest BCUT2D eigenvalue weighted by Gasteiger charge is 2.30. The Labute approximate surface area is 101 Å². The maximum absolute atomic E-state index is 4.72. The second kappa shape index (κ2) is 6.01. The minimum atomic E-state index is 0. The van der Waals surface area contributed by atoms with E-state index in [1.54, 1.807) is 0 Å². The van der Waals surface area contributed by atoms with Crippen LogP contribution in [0.5, 0.6) is 0 Å². The Bertz CT molecular complexity index is 208. The summed E-state index contributed by atoms with van der Waals surface area (Å²) in [6, 6.07) is 1.28. The molecule has 2 rings (SSSR count). The van der Waals surface area contributed by atoms with E-state index in [1.165, 1.54) is 43.0 Å². The Morgan fingerprint density at radius 1 is 1.43 bits per heavy atom. The highest BCUT2D eigenvalue weighted by Crippen LogP contribution is 2.26. The molecule has 1 N–H and O–H groups in total. The molecule has 0 aromatic carbocycles. The third kappa shape index (κ3) is 2.89. The van der Waals surface area contributed by atoms with E-state index in [9.17, 15) is 0 Å². The van der Waals surface area contributed by atoms with Crippen LogP contribution < -0.4 is 5.32 Å². The quantitative estimate of drug-likeness (QED) is 0.840. The van der Waals surface area contributed by atoms with Gasteiger partial charge < -0.3 is 5.32 Å². The van der Waals surface area contributed by atoms with Crippen LogP contribution in [0, 0.1) is 0 Å². The molecule has 2 atom stereocenters. The molecule has 1 heterocycles. The van der Waals surface area contributed by atoms with Gasteiger partial charge in [-0.1, -0.05) is 31.5 Å². The van der Waals surface area contributed by atoms with Crippen LogP contribution in [0.2, 0.25) is 0 Å². The molecule has 82 valence electrons. The zero-order chi connectivity index (χ0) is 9.10. The maximum Gasteiger partial charge on any atom is 0.157 e. The van der Waals surface area contributed by atoms with Crippen molar-refractivity contribution in [1.82, 2.24) is 5.32 Å². The van der Waals surface area contributed by atoms with E-state index in [0.29, 0.717) is 12.1 Å². The predicted octanol–water partition coefficient (Wildman–Crippen LogP) is 2.98.